The Labute approximate surface area is 187 Å². The summed E-state index contributed by atoms with van der Waals surface area (Å²) in [6.07, 6.45) is 5.64. The van der Waals surface area contributed by atoms with Crippen molar-refractivity contribution in [3.8, 4) is 0 Å². The molecule has 0 saturated heterocycles. The molecule has 2 aliphatic rings. The topological polar surface area (TPSA) is 49.4 Å². The minimum atomic E-state index is -0.442. The van der Waals surface area contributed by atoms with Crippen molar-refractivity contribution in [3.63, 3.8) is 0 Å². The van der Waals surface area contributed by atoms with E-state index in [-0.39, 0.29) is 17.9 Å². The molecule has 0 bridgehead atoms. The summed E-state index contributed by atoms with van der Waals surface area (Å²) in [7, 11) is 0. The summed E-state index contributed by atoms with van der Waals surface area (Å²) in [5, 5.41) is 3.40. The molecule has 2 amide bonds. The lowest BCUT2D eigenvalue weighted by Crippen LogP contribution is -2.49. The van der Waals surface area contributed by atoms with Gasteiger partial charge in [0, 0.05) is 16.0 Å². The van der Waals surface area contributed by atoms with Gasteiger partial charge in [-0.3, -0.25) is 9.59 Å². The summed E-state index contributed by atoms with van der Waals surface area (Å²) in [5.74, 6) is -0.445. The van der Waals surface area contributed by atoms with E-state index >= 15 is 0 Å². The first-order chi connectivity index (χ1) is 14.5. The van der Waals surface area contributed by atoms with Gasteiger partial charge < -0.3 is 10.2 Å². The highest BCUT2D eigenvalue weighted by molar-refractivity contribution is 8.01. The van der Waals surface area contributed by atoms with Crippen LogP contribution < -0.4 is 10.2 Å². The van der Waals surface area contributed by atoms with Crippen LogP contribution in [-0.4, -0.2) is 23.1 Å². The van der Waals surface area contributed by atoms with Gasteiger partial charge in [0.1, 0.15) is 5.25 Å². The molecule has 1 saturated carbocycles. The Morgan fingerprint density at radius 1 is 1.17 bits per heavy atom. The second-order valence-corrected chi connectivity index (χ2v) is 9.81. The Hall–Kier alpha value is -1.98. The average molecular weight is 443 g/mol. The first kappa shape index (κ1) is 21.3. The van der Waals surface area contributed by atoms with Crippen LogP contribution in [0.2, 0.25) is 5.02 Å². The summed E-state index contributed by atoms with van der Waals surface area (Å²) in [6.45, 7) is 2.31. The van der Waals surface area contributed by atoms with Gasteiger partial charge in [-0.15, -0.1) is 11.8 Å². The fourth-order valence-electron chi connectivity index (χ4n) is 4.25. The molecule has 1 aliphatic heterocycles. The normalized spacial score (nSPS) is 20.5. The highest BCUT2D eigenvalue weighted by atomic mass is 35.5. The van der Waals surface area contributed by atoms with Crippen LogP contribution in [0.5, 0.6) is 0 Å². The summed E-state index contributed by atoms with van der Waals surface area (Å²) in [5.41, 5.74) is 1.86. The van der Waals surface area contributed by atoms with Crippen LogP contribution >= 0.6 is 23.4 Å². The van der Waals surface area contributed by atoms with E-state index in [4.69, 9.17) is 11.6 Å². The number of fused-ring (bicyclic) bond motifs is 1. The monoisotopic (exact) mass is 442 g/mol. The molecule has 4 nitrogen and oxygen atoms in total. The van der Waals surface area contributed by atoms with E-state index in [1.807, 2.05) is 55.5 Å². The van der Waals surface area contributed by atoms with E-state index in [1.165, 1.54) is 18.2 Å². The van der Waals surface area contributed by atoms with E-state index in [0.717, 1.165) is 41.8 Å². The zero-order valence-corrected chi connectivity index (χ0v) is 18.7. The Bertz CT molecular complexity index is 929. The molecular formula is C24H27ClN2O2S. The zero-order chi connectivity index (χ0) is 21.1. The Morgan fingerprint density at radius 3 is 2.70 bits per heavy atom. The first-order valence-electron chi connectivity index (χ1n) is 10.6. The van der Waals surface area contributed by atoms with Gasteiger partial charge in [0.05, 0.1) is 18.2 Å². The predicted octanol–water partition coefficient (Wildman–Crippen LogP) is 5.43. The molecule has 4 rings (SSSR count). The molecule has 1 N–H and O–H groups in total. The number of nitrogens with one attached hydrogen (secondary N) is 1. The largest absolute Gasteiger partial charge is 0.353 e. The van der Waals surface area contributed by atoms with Crippen molar-refractivity contribution in [2.24, 2.45) is 5.92 Å². The Balaban J connectivity index is 1.55. The van der Waals surface area contributed by atoms with Crippen LogP contribution in [0, 0.1) is 5.92 Å². The number of hydrogen-bond acceptors (Lipinski definition) is 3. The van der Waals surface area contributed by atoms with Crippen LogP contribution in [0.3, 0.4) is 0 Å². The number of halogens is 1. The summed E-state index contributed by atoms with van der Waals surface area (Å²) >= 11 is 7.65. The molecule has 30 heavy (non-hydrogen) atoms. The molecule has 0 spiro atoms. The van der Waals surface area contributed by atoms with Crippen LogP contribution in [0.15, 0.2) is 53.4 Å². The van der Waals surface area contributed by atoms with Crippen LogP contribution in [0.1, 0.15) is 44.6 Å². The van der Waals surface area contributed by atoms with Crippen LogP contribution in [-0.2, 0) is 16.1 Å². The summed E-state index contributed by atoms with van der Waals surface area (Å²) in [6, 6.07) is 15.7. The van der Waals surface area contributed by atoms with Crippen molar-refractivity contribution in [1.82, 2.24) is 5.32 Å². The fraction of sp³-hybridized carbons (Fsp3) is 0.417. The number of rotatable bonds is 5. The quantitative estimate of drug-likeness (QED) is 0.671. The summed E-state index contributed by atoms with van der Waals surface area (Å²) < 4.78 is 0. The number of anilines is 1. The van der Waals surface area contributed by atoms with Gasteiger partial charge >= 0.3 is 0 Å². The van der Waals surface area contributed by atoms with Gasteiger partial charge in [0.2, 0.25) is 11.8 Å². The van der Waals surface area contributed by atoms with Crippen molar-refractivity contribution >= 4 is 40.9 Å². The van der Waals surface area contributed by atoms with Crippen molar-refractivity contribution in [2.75, 3.05) is 4.90 Å². The molecule has 2 unspecified atom stereocenters. The number of hydrogen-bond donors (Lipinski definition) is 1. The van der Waals surface area contributed by atoms with E-state index in [9.17, 15) is 9.59 Å². The third-order valence-corrected chi connectivity index (χ3v) is 7.67. The molecule has 0 radical (unpaired) electrons. The molecule has 2 atom stereocenters. The molecule has 2 aromatic carbocycles. The van der Waals surface area contributed by atoms with Crippen molar-refractivity contribution < 1.29 is 9.59 Å². The standard InChI is InChI=1S/C24H27ClN2O2S/c1-16(23(28)26-19-10-3-2-4-11-19)22-24(29)27(15-17-8-7-9-18(25)14-17)20-12-5-6-13-21(20)30-22/h5-9,12-14,16,19,22H,2-4,10-11,15H2,1H3,(H,26,28). The second-order valence-electron chi connectivity index (χ2n) is 8.19. The molecule has 158 valence electrons. The smallest absolute Gasteiger partial charge is 0.241 e. The maximum absolute atomic E-state index is 13.5. The molecule has 6 heteroatoms. The van der Waals surface area contributed by atoms with Gasteiger partial charge in [0.15, 0.2) is 0 Å². The van der Waals surface area contributed by atoms with Crippen molar-refractivity contribution in [1.29, 1.82) is 0 Å². The number of thioether (sulfide) groups is 1. The molecule has 0 aromatic heterocycles. The SMILES string of the molecule is CC(C(=O)NC1CCCCC1)C1Sc2ccccc2N(Cc2cccc(Cl)c2)C1=O. The number of carbonyl (C=O) groups is 2. The maximum atomic E-state index is 13.5. The lowest BCUT2D eigenvalue weighted by Gasteiger charge is -2.36. The van der Waals surface area contributed by atoms with Gasteiger partial charge in [-0.1, -0.05) is 62.1 Å². The zero-order valence-electron chi connectivity index (χ0n) is 17.1. The predicted molar refractivity (Wildman–Crippen MR) is 123 cm³/mol. The van der Waals surface area contributed by atoms with Crippen molar-refractivity contribution in [2.45, 2.75) is 61.8 Å². The van der Waals surface area contributed by atoms with Gasteiger partial charge in [-0.05, 0) is 42.7 Å². The van der Waals surface area contributed by atoms with Gasteiger partial charge in [-0.25, -0.2) is 0 Å². The van der Waals surface area contributed by atoms with E-state index < -0.39 is 11.2 Å². The van der Waals surface area contributed by atoms with Crippen LogP contribution in [0.4, 0.5) is 5.69 Å². The fourth-order valence-corrected chi connectivity index (χ4v) is 5.75. The average Bonchev–Trinajstić information content (AvgIpc) is 2.76. The lowest BCUT2D eigenvalue weighted by molar-refractivity contribution is -0.129. The molecular weight excluding hydrogens is 416 g/mol. The molecule has 1 heterocycles. The molecule has 1 fully saturated rings. The maximum Gasteiger partial charge on any atom is 0.241 e. The third-order valence-electron chi connectivity index (χ3n) is 5.97. The number of nitrogens with zero attached hydrogens (tertiary/aromatic N) is 1. The van der Waals surface area contributed by atoms with Gasteiger partial charge in [-0.2, -0.15) is 0 Å². The van der Waals surface area contributed by atoms with Crippen LogP contribution in [0.25, 0.3) is 0 Å². The minimum absolute atomic E-state index is 0.0187. The van der Waals surface area contributed by atoms with E-state index in [0.29, 0.717) is 11.6 Å². The highest BCUT2D eigenvalue weighted by Crippen LogP contribution is 2.42. The molecule has 1 aliphatic carbocycles. The molecule has 2 aromatic rings. The second kappa shape index (κ2) is 9.44. The van der Waals surface area contributed by atoms with Gasteiger partial charge in [0.25, 0.3) is 0 Å². The Morgan fingerprint density at radius 2 is 1.93 bits per heavy atom. The summed E-state index contributed by atoms with van der Waals surface area (Å²) in [4.78, 5) is 29.3. The Kier molecular flexibility index (Phi) is 6.69. The first-order valence-corrected chi connectivity index (χ1v) is 11.9. The lowest BCUT2D eigenvalue weighted by atomic mass is 9.94. The third kappa shape index (κ3) is 4.68. The number of para-hydroxylation sites is 1. The number of carbonyl (C=O) groups excluding carboxylic acids is 2. The minimum Gasteiger partial charge on any atom is -0.353 e. The van der Waals surface area contributed by atoms with E-state index in [1.54, 1.807) is 4.90 Å². The number of amides is 2. The highest BCUT2D eigenvalue weighted by Gasteiger charge is 2.39. The van der Waals surface area contributed by atoms with E-state index in [2.05, 4.69) is 5.32 Å². The number of benzene rings is 2. The van der Waals surface area contributed by atoms with Crippen molar-refractivity contribution in [3.05, 3.63) is 59.1 Å².